The number of methoxy groups -OCH3 is 1. The summed E-state index contributed by atoms with van der Waals surface area (Å²) in [6, 6.07) is 13.4. The Kier molecular flexibility index (Phi) is 7.80. The van der Waals surface area contributed by atoms with Gasteiger partial charge in [-0.05, 0) is 53.4 Å². The molecule has 4 rings (SSSR count). The maximum Gasteiger partial charge on any atom is 0.264 e. The number of amides is 2. The van der Waals surface area contributed by atoms with Gasteiger partial charge in [0.25, 0.3) is 5.91 Å². The Balaban J connectivity index is 1.52. The molecule has 3 aromatic rings. The van der Waals surface area contributed by atoms with Crippen molar-refractivity contribution in [1.82, 2.24) is 9.80 Å². The lowest BCUT2D eigenvalue weighted by Crippen LogP contribution is -2.48. The van der Waals surface area contributed by atoms with Crippen molar-refractivity contribution >= 4 is 34.5 Å². The molecular formula is C25H28N2O4S2. The Morgan fingerprint density at radius 3 is 2.73 bits per heavy atom. The summed E-state index contributed by atoms with van der Waals surface area (Å²) in [4.78, 5) is 31.9. The molecule has 8 heteroatoms. The molecule has 2 aromatic heterocycles. The van der Waals surface area contributed by atoms with Crippen molar-refractivity contribution in [2.75, 3.05) is 40.0 Å². The van der Waals surface area contributed by atoms with Crippen LogP contribution in [0, 0.1) is 6.92 Å². The molecule has 3 heterocycles. The number of carbonyl (C=O) groups is 2. The van der Waals surface area contributed by atoms with Gasteiger partial charge in [0.15, 0.2) is 0 Å². The van der Waals surface area contributed by atoms with Crippen molar-refractivity contribution in [3.8, 4) is 5.75 Å². The van der Waals surface area contributed by atoms with Gasteiger partial charge in [0, 0.05) is 25.1 Å². The van der Waals surface area contributed by atoms with Crippen molar-refractivity contribution in [3.63, 3.8) is 0 Å². The number of aryl methyl sites for hydroxylation is 1. The quantitative estimate of drug-likeness (QED) is 0.451. The van der Waals surface area contributed by atoms with Gasteiger partial charge >= 0.3 is 0 Å². The van der Waals surface area contributed by atoms with Gasteiger partial charge in [-0.15, -0.1) is 22.7 Å². The summed E-state index contributed by atoms with van der Waals surface area (Å²) in [5.74, 6) is 0.601. The second-order valence-electron chi connectivity index (χ2n) is 7.93. The maximum atomic E-state index is 13.5. The molecule has 0 saturated carbocycles. The third-order valence-electron chi connectivity index (χ3n) is 5.82. The smallest absolute Gasteiger partial charge is 0.264 e. The molecule has 0 fully saturated rings. The monoisotopic (exact) mass is 484 g/mol. The number of para-hydroxylation sites is 1. The summed E-state index contributed by atoms with van der Waals surface area (Å²) in [7, 11) is 1.59. The van der Waals surface area contributed by atoms with E-state index in [9.17, 15) is 9.59 Å². The van der Waals surface area contributed by atoms with Crippen molar-refractivity contribution in [2.24, 2.45) is 0 Å². The highest BCUT2D eigenvalue weighted by Crippen LogP contribution is 2.34. The summed E-state index contributed by atoms with van der Waals surface area (Å²) in [6.45, 7) is 3.75. The number of thiophene rings is 2. The Labute approximate surface area is 202 Å². The molecule has 0 bridgehead atoms. The van der Waals surface area contributed by atoms with Gasteiger partial charge in [-0.2, -0.15) is 0 Å². The Morgan fingerprint density at radius 2 is 1.97 bits per heavy atom. The topological polar surface area (TPSA) is 59.1 Å². The molecule has 0 spiro atoms. The van der Waals surface area contributed by atoms with E-state index in [4.69, 9.17) is 9.47 Å². The number of hydrogen-bond acceptors (Lipinski definition) is 6. The first kappa shape index (κ1) is 23.5. The normalized spacial score (nSPS) is 15.2. The summed E-state index contributed by atoms with van der Waals surface area (Å²) in [6.07, 6.45) is 0.816. The number of rotatable bonds is 9. The van der Waals surface area contributed by atoms with Crippen LogP contribution in [0.15, 0.2) is 53.2 Å². The lowest BCUT2D eigenvalue weighted by Gasteiger charge is -2.37. The fourth-order valence-electron chi connectivity index (χ4n) is 4.03. The van der Waals surface area contributed by atoms with Gasteiger partial charge in [0.05, 0.1) is 17.5 Å². The molecule has 0 radical (unpaired) electrons. The van der Waals surface area contributed by atoms with E-state index in [1.54, 1.807) is 29.4 Å². The highest BCUT2D eigenvalue weighted by molar-refractivity contribution is 7.12. The van der Waals surface area contributed by atoms with Crippen LogP contribution in [0.4, 0.5) is 0 Å². The molecule has 1 aromatic carbocycles. The number of hydrogen-bond donors (Lipinski definition) is 0. The van der Waals surface area contributed by atoms with Crippen LogP contribution >= 0.6 is 22.7 Å². The SMILES string of the molecule is COCCN(CC(=O)N1CCc2sccc2[C@H]1COc1ccccc1C)C(=O)c1cccs1. The second kappa shape index (κ2) is 11.0. The van der Waals surface area contributed by atoms with Crippen LogP contribution in [0.25, 0.3) is 0 Å². The number of ether oxygens (including phenoxy) is 2. The van der Waals surface area contributed by atoms with Crippen LogP contribution in [0.5, 0.6) is 5.75 Å². The van der Waals surface area contributed by atoms with Crippen LogP contribution in [-0.2, 0) is 16.0 Å². The number of nitrogens with zero attached hydrogens (tertiary/aromatic N) is 2. The summed E-state index contributed by atoms with van der Waals surface area (Å²) in [5.41, 5.74) is 2.20. The van der Waals surface area contributed by atoms with Crippen molar-refractivity contribution in [2.45, 2.75) is 19.4 Å². The van der Waals surface area contributed by atoms with E-state index in [0.29, 0.717) is 31.2 Å². The molecule has 0 N–H and O–H groups in total. The zero-order valence-corrected chi connectivity index (χ0v) is 20.5. The zero-order chi connectivity index (χ0) is 23.2. The second-order valence-corrected chi connectivity index (χ2v) is 9.87. The highest BCUT2D eigenvalue weighted by Gasteiger charge is 2.33. The predicted octanol–water partition coefficient (Wildman–Crippen LogP) is 4.41. The molecule has 1 aliphatic heterocycles. The number of benzene rings is 1. The molecular weight excluding hydrogens is 456 g/mol. The largest absolute Gasteiger partial charge is 0.491 e. The van der Waals surface area contributed by atoms with Crippen molar-refractivity contribution < 1.29 is 19.1 Å². The first-order valence-electron chi connectivity index (χ1n) is 10.9. The van der Waals surface area contributed by atoms with E-state index in [0.717, 1.165) is 23.3 Å². The van der Waals surface area contributed by atoms with E-state index in [1.165, 1.54) is 16.2 Å². The standard InChI is InChI=1S/C25H28N2O4S2/c1-18-6-3-4-7-21(18)31-17-20-19-10-15-33-22(19)9-11-27(20)24(28)16-26(12-13-30-2)25(29)23-8-5-14-32-23/h3-8,10,14-15,20H,9,11-13,16-17H2,1-2H3/t20-/m1/s1. The van der Waals surface area contributed by atoms with Crippen LogP contribution in [0.1, 0.15) is 31.7 Å². The van der Waals surface area contributed by atoms with E-state index in [-0.39, 0.29) is 24.4 Å². The fourth-order valence-corrected chi connectivity index (χ4v) is 5.64. The van der Waals surface area contributed by atoms with Crippen molar-refractivity contribution in [1.29, 1.82) is 0 Å². The minimum absolute atomic E-state index is 0.0143. The van der Waals surface area contributed by atoms with E-state index in [1.807, 2.05) is 47.5 Å². The van der Waals surface area contributed by atoms with Crippen LogP contribution in [-0.4, -0.2) is 61.6 Å². The molecule has 1 aliphatic rings. The van der Waals surface area contributed by atoms with E-state index >= 15 is 0 Å². The minimum atomic E-state index is -0.187. The molecule has 2 amide bonds. The number of fused-ring (bicyclic) bond motifs is 1. The highest BCUT2D eigenvalue weighted by atomic mass is 32.1. The molecule has 33 heavy (non-hydrogen) atoms. The number of carbonyl (C=O) groups excluding carboxylic acids is 2. The first-order valence-corrected chi connectivity index (χ1v) is 12.7. The van der Waals surface area contributed by atoms with E-state index < -0.39 is 0 Å². The summed E-state index contributed by atoms with van der Waals surface area (Å²) < 4.78 is 11.4. The van der Waals surface area contributed by atoms with Gasteiger partial charge in [0.1, 0.15) is 18.9 Å². The molecule has 1 atom stereocenters. The zero-order valence-electron chi connectivity index (χ0n) is 18.9. The molecule has 0 unspecified atom stereocenters. The van der Waals surface area contributed by atoms with Gasteiger partial charge < -0.3 is 19.3 Å². The van der Waals surface area contributed by atoms with Gasteiger partial charge in [-0.1, -0.05) is 24.3 Å². The third kappa shape index (κ3) is 5.46. The predicted molar refractivity (Wildman–Crippen MR) is 131 cm³/mol. The molecule has 6 nitrogen and oxygen atoms in total. The van der Waals surface area contributed by atoms with Gasteiger partial charge in [-0.3, -0.25) is 9.59 Å². The van der Waals surface area contributed by atoms with Crippen molar-refractivity contribution in [3.05, 3.63) is 74.1 Å². The van der Waals surface area contributed by atoms with Gasteiger partial charge in [0.2, 0.25) is 5.91 Å². The van der Waals surface area contributed by atoms with Gasteiger partial charge in [-0.25, -0.2) is 0 Å². The lowest BCUT2D eigenvalue weighted by molar-refractivity contribution is -0.135. The maximum absolute atomic E-state index is 13.5. The first-order chi connectivity index (χ1) is 16.1. The molecule has 174 valence electrons. The fraction of sp³-hybridized carbons (Fsp3) is 0.360. The van der Waals surface area contributed by atoms with E-state index in [2.05, 4.69) is 11.4 Å². The lowest BCUT2D eigenvalue weighted by atomic mass is 10.0. The summed E-state index contributed by atoms with van der Waals surface area (Å²) in [5, 5.41) is 3.94. The molecule has 0 aliphatic carbocycles. The third-order valence-corrected chi connectivity index (χ3v) is 7.67. The average Bonchev–Trinajstić information content (AvgIpc) is 3.52. The van der Waals surface area contributed by atoms with Crippen LogP contribution < -0.4 is 4.74 Å². The molecule has 0 saturated heterocycles. The van der Waals surface area contributed by atoms with Crippen LogP contribution in [0.3, 0.4) is 0 Å². The Hall–Kier alpha value is -2.68. The Bertz CT molecular complexity index is 1080. The minimum Gasteiger partial charge on any atom is -0.491 e. The summed E-state index contributed by atoms with van der Waals surface area (Å²) >= 11 is 3.10. The Morgan fingerprint density at radius 1 is 1.12 bits per heavy atom. The average molecular weight is 485 g/mol. The van der Waals surface area contributed by atoms with Crippen LogP contribution in [0.2, 0.25) is 0 Å².